The minimum Gasteiger partial charge on any atom is -0.477 e. The molecular formula is C13H19NO2S. The second kappa shape index (κ2) is 4.78. The van der Waals surface area contributed by atoms with E-state index < -0.39 is 5.97 Å². The molecular weight excluding hydrogens is 234 g/mol. The molecule has 2 rings (SSSR count). The quantitative estimate of drug-likeness (QED) is 0.847. The number of hydrogen-bond acceptors (Lipinski definition) is 3. The Kier molecular flexibility index (Phi) is 3.54. The van der Waals surface area contributed by atoms with Crippen LogP contribution in [0.5, 0.6) is 0 Å². The van der Waals surface area contributed by atoms with Gasteiger partial charge < -0.3 is 10.4 Å². The van der Waals surface area contributed by atoms with Crippen molar-refractivity contribution in [1.82, 2.24) is 5.32 Å². The van der Waals surface area contributed by atoms with Crippen molar-refractivity contribution >= 4 is 17.3 Å². The van der Waals surface area contributed by atoms with Gasteiger partial charge in [-0.15, -0.1) is 11.3 Å². The Morgan fingerprint density at radius 3 is 2.71 bits per heavy atom. The number of thiophene rings is 1. The minimum atomic E-state index is -0.821. The normalized spacial score (nSPS) is 17.8. The molecule has 94 valence electrons. The Hall–Kier alpha value is -0.870. The molecule has 1 fully saturated rings. The zero-order valence-corrected chi connectivity index (χ0v) is 11.2. The standard InChI is InChI=1S/C13H19NO2S/c1-3-13(5-4-6-13)14-8-10-7-11(12(15)16)17-9(10)2/h7,14H,3-6,8H2,1-2H3,(H,15,16). The summed E-state index contributed by atoms with van der Waals surface area (Å²) in [4.78, 5) is 12.4. The maximum Gasteiger partial charge on any atom is 0.345 e. The highest BCUT2D eigenvalue weighted by Crippen LogP contribution is 2.35. The Morgan fingerprint density at radius 2 is 2.29 bits per heavy atom. The summed E-state index contributed by atoms with van der Waals surface area (Å²) in [6, 6.07) is 1.80. The Labute approximate surface area is 106 Å². The Balaban J connectivity index is 2.01. The molecule has 1 aliphatic carbocycles. The molecule has 0 unspecified atom stereocenters. The van der Waals surface area contributed by atoms with Crippen LogP contribution in [0.3, 0.4) is 0 Å². The van der Waals surface area contributed by atoms with Crippen LogP contribution in [-0.4, -0.2) is 16.6 Å². The molecule has 1 heterocycles. The van der Waals surface area contributed by atoms with Gasteiger partial charge in [-0.1, -0.05) is 6.92 Å². The number of carboxylic acids is 1. The van der Waals surface area contributed by atoms with Gasteiger partial charge in [-0.05, 0) is 44.2 Å². The average Bonchev–Trinajstić information content (AvgIpc) is 2.60. The van der Waals surface area contributed by atoms with Gasteiger partial charge in [0, 0.05) is 17.0 Å². The summed E-state index contributed by atoms with van der Waals surface area (Å²) in [5.74, 6) is -0.821. The van der Waals surface area contributed by atoms with E-state index in [0.717, 1.165) is 23.4 Å². The van der Waals surface area contributed by atoms with Crippen LogP contribution in [0.2, 0.25) is 0 Å². The lowest BCUT2D eigenvalue weighted by molar-refractivity contribution is 0.0702. The van der Waals surface area contributed by atoms with Gasteiger partial charge in [0.25, 0.3) is 0 Å². The van der Waals surface area contributed by atoms with E-state index in [0.29, 0.717) is 10.4 Å². The van der Waals surface area contributed by atoms with Gasteiger partial charge in [0.2, 0.25) is 0 Å². The second-order valence-corrected chi connectivity index (χ2v) is 6.09. The number of carbonyl (C=O) groups is 1. The van der Waals surface area contributed by atoms with Gasteiger partial charge in [0.1, 0.15) is 4.88 Å². The predicted molar refractivity (Wildman–Crippen MR) is 69.7 cm³/mol. The first-order valence-electron chi connectivity index (χ1n) is 6.14. The third-order valence-corrected chi connectivity index (χ3v) is 4.95. The third kappa shape index (κ3) is 2.53. The van der Waals surface area contributed by atoms with Crippen LogP contribution in [0.25, 0.3) is 0 Å². The van der Waals surface area contributed by atoms with Crippen LogP contribution in [0.15, 0.2) is 6.07 Å². The Bertz CT molecular complexity index is 416. The van der Waals surface area contributed by atoms with E-state index in [9.17, 15) is 4.79 Å². The van der Waals surface area contributed by atoms with Crippen molar-refractivity contribution in [2.45, 2.75) is 51.6 Å². The summed E-state index contributed by atoms with van der Waals surface area (Å²) in [5.41, 5.74) is 1.45. The largest absolute Gasteiger partial charge is 0.477 e. The second-order valence-electron chi connectivity index (χ2n) is 4.84. The fraction of sp³-hybridized carbons (Fsp3) is 0.615. The van der Waals surface area contributed by atoms with Crippen LogP contribution in [-0.2, 0) is 6.54 Å². The maximum atomic E-state index is 10.9. The first-order valence-corrected chi connectivity index (χ1v) is 6.95. The number of rotatable bonds is 5. The highest BCUT2D eigenvalue weighted by atomic mass is 32.1. The van der Waals surface area contributed by atoms with Crippen LogP contribution in [0.1, 0.15) is 52.7 Å². The first kappa shape index (κ1) is 12.6. The summed E-state index contributed by atoms with van der Waals surface area (Å²) in [7, 11) is 0. The van der Waals surface area contributed by atoms with Gasteiger partial charge in [-0.25, -0.2) is 4.79 Å². The van der Waals surface area contributed by atoms with Crippen LogP contribution < -0.4 is 5.32 Å². The topological polar surface area (TPSA) is 49.3 Å². The van der Waals surface area contributed by atoms with Crippen molar-refractivity contribution < 1.29 is 9.90 Å². The molecule has 1 aliphatic rings. The summed E-state index contributed by atoms with van der Waals surface area (Å²) >= 11 is 1.37. The van der Waals surface area contributed by atoms with Gasteiger partial charge in [0.05, 0.1) is 0 Å². The van der Waals surface area contributed by atoms with Crippen molar-refractivity contribution in [2.75, 3.05) is 0 Å². The van der Waals surface area contributed by atoms with Gasteiger partial charge in [0.15, 0.2) is 0 Å². The third-order valence-electron chi connectivity index (χ3n) is 3.87. The van der Waals surface area contributed by atoms with Gasteiger partial charge in [-0.3, -0.25) is 0 Å². The lowest BCUT2D eigenvalue weighted by atomic mass is 9.75. The molecule has 0 aromatic carbocycles. The summed E-state index contributed by atoms with van der Waals surface area (Å²) in [6.45, 7) is 5.01. The number of aryl methyl sites for hydroxylation is 1. The maximum absolute atomic E-state index is 10.9. The zero-order valence-electron chi connectivity index (χ0n) is 10.4. The number of hydrogen-bond donors (Lipinski definition) is 2. The molecule has 0 aliphatic heterocycles. The molecule has 0 atom stereocenters. The molecule has 3 nitrogen and oxygen atoms in total. The van der Waals surface area contributed by atoms with E-state index in [1.165, 1.54) is 30.6 Å². The van der Waals surface area contributed by atoms with Gasteiger partial charge >= 0.3 is 5.97 Å². The van der Waals surface area contributed by atoms with Crippen molar-refractivity contribution in [1.29, 1.82) is 0 Å². The van der Waals surface area contributed by atoms with Crippen molar-refractivity contribution in [3.63, 3.8) is 0 Å². The highest BCUT2D eigenvalue weighted by Gasteiger charge is 2.34. The van der Waals surface area contributed by atoms with E-state index in [1.807, 2.05) is 6.92 Å². The molecule has 0 saturated heterocycles. The summed E-state index contributed by atoms with van der Waals surface area (Å²) in [5, 5.41) is 12.5. The molecule has 0 amide bonds. The fourth-order valence-electron chi connectivity index (χ4n) is 2.34. The Morgan fingerprint density at radius 1 is 1.59 bits per heavy atom. The fourth-order valence-corrected chi connectivity index (χ4v) is 3.22. The molecule has 1 aromatic heterocycles. The van der Waals surface area contributed by atoms with E-state index in [2.05, 4.69) is 12.2 Å². The zero-order chi connectivity index (χ0) is 12.5. The summed E-state index contributed by atoms with van der Waals surface area (Å²) < 4.78 is 0. The molecule has 1 saturated carbocycles. The van der Waals surface area contributed by atoms with Crippen molar-refractivity contribution in [3.05, 3.63) is 21.4 Å². The highest BCUT2D eigenvalue weighted by molar-refractivity contribution is 7.14. The van der Waals surface area contributed by atoms with E-state index in [1.54, 1.807) is 6.07 Å². The number of carboxylic acid groups (broad SMARTS) is 1. The predicted octanol–water partition coefficient (Wildman–Crippen LogP) is 3.18. The SMILES string of the molecule is CCC1(NCc2cc(C(=O)O)sc2C)CCC1. The van der Waals surface area contributed by atoms with Crippen LogP contribution >= 0.6 is 11.3 Å². The molecule has 1 aromatic rings. The molecule has 0 bridgehead atoms. The number of aromatic carboxylic acids is 1. The molecule has 2 N–H and O–H groups in total. The van der Waals surface area contributed by atoms with E-state index in [-0.39, 0.29) is 0 Å². The molecule has 0 spiro atoms. The summed E-state index contributed by atoms with van der Waals surface area (Å²) in [6.07, 6.45) is 4.96. The lowest BCUT2D eigenvalue weighted by Gasteiger charge is -2.42. The molecule has 17 heavy (non-hydrogen) atoms. The van der Waals surface area contributed by atoms with Crippen LogP contribution in [0, 0.1) is 6.92 Å². The lowest BCUT2D eigenvalue weighted by Crippen LogP contribution is -2.49. The van der Waals surface area contributed by atoms with E-state index >= 15 is 0 Å². The number of nitrogens with one attached hydrogen (secondary N) is 1. The smallest absolute Gasteiger partial charge is 0.345 e. The molecule has 4 heteroatoms. The molecule has 0 radical (unpaired) electrons. The minimum absolute atomic E-state index is 0.317. The van der Waals surface area contributed by atoms with Crippen molar-refractivity contribution in [3.8, 4) is 0 Å². The van der Waals surface area contributed by atoms with Crippen molar-refractivity contribution in [2.24, 2.45) is 0 Å². The monoisotopic (exact) mass is 253 g/mol. The first-order chi connectivity index (χ1) is 8.06. The van der Waals surface area contributed by atoms with E-state index in [4.69, 9.17) is 5.11 Å². The van der Waals surface area contributed by atoms with Crippen LogP contribution in [0.4, 0.5) is 0 Å². The van der Waals surface area contributed by atoms with Gasteiger partial charge in [-0.2, -0.15) is 0 Å². The average molecular weight is 253 g/mol.